The molecule has 10 heteroatoms. The molecule has 2 aromatic rings. The minimum Gasteiger partial charge on any atom is -0.345 e. The molecule has 1 aromatic heterocycles. The molecular formula is C10H7ClN4O3S2. The van der Waals surface area contributed by atoms with E-state index in [1.807, 2.05) is 0 Å². The summed E-state index contributed by atoms with van der Waals surface area (Å²) in [6.45, 7) is 0. The van der Waals surface area contributed by atoms with E-state index < -0.39 is 15.6 Å². The van der Waals surface area contributed by atoms with Crippen LogP contribution in [0.15, 0.2) is 27.9 Å². The normalized spacial score (nSPS) is 11.1. The summed E-state index contributed by atoms with van der Waals surface area (Å²) in [5.41, 5.74) is -0.311. The van der Waals surface area contributed by atoms with Crippen molar-refractivity contribution >= 4 is 43.8 Å². The van der Waals surface area contributed by atoms with Crippen LogP contribution in [0.4, 0.5) is 10.7 Å². The van der Waals surface area contributed by atoms with Gasteiger partial charge in [0.1, 0.15) is 11.1 Å². The lowest BCUT2D eigenvalue weighted by Crippen LogP contribution is -2.12. The van der Waals surface area contributed by atoms with Crippen molar-refractivity contribution in [1.82, 2.24) is 4.37 Å². The molecule has 0 saturated carbocycles. The Labute approximate surface area is 122 Å². The maximum absolute atomic E-state index is 11.3. The molecule has 0 aliphatic rings. The molecule has 0 spiro atoms. The number of sulfonamides is 1. The Balaban J connectivity index is 2.47. The van der Waals surface area contributed by atoms with Crippen LogP contribution in [0.2, 0.25) is 5.02 Å². The van der Waals surface area contributed by atoms with Crippen LogP contribution >= 0.6 is 23.1 Å². The molecule has 1 aromatic carbocycles. The van der Waals surface area contributed by atoms with Gasteiger partial charge in [0.05, 0.1) is 4.90 Å². The van der Waals surface area contributed by atoms with Crippen molar-refractivity contribution in [3.8, 4) is 6.07 Å². The Kier molecular flexibility index (Phi) is 3.82. The second-order valence-electron chi connectivity index (χ2n) is 3.69. The van der Waals surface area contributed by atoms with Crippen molar-refractivity contribution in [2.45, 2.75) is 4.90 Å². The summed E-state index contributed by atoms with van der Waals surface area (Å²) in [6, 6.07) is 5.66. The lowest BCUT2D eigenvalue weighted by molar-refractivity contribution is 0.598. The highest BCUT2D eigenvalue weighted by molar-refractivity contribution is 7.89. The average Bonchev–Trinajstić information content (AvgIpc) is 2.68. The van der Waals surface area contributed by atoms with Gasteiger partial charge in [0, 0.05) is 10.7 Å². The van der Waals surface area contributed by atoms with Crippen LogP contribution in [0.25, 0.3) is 0 Å². The first kappa shape index (κ1) is 14.5. The lowest BCUT2D eigenvalue weighted by atomic mass is 10.3. The predicted octanol–water partition coefficient (Wildman–Crippen LogP) is 1.35. The van der Waals surface area contributed by atoms with E-state index in [9.17, 15) is 13.2 Å². The molecule has 0 fully saturated rings. The van der Waals surface area contributed by atoms with Crippen LogP contribution in [0.3, 0.4) is 0 Å². The van der Waals surface area contributed by atoms with Crippen LogP contribution in [0, 0.1) is 11.3 Å². The molecule has 0 radical (unpaired) electrons. The predicted molar refractivity (Wildman–Crippen MR) is 75.8 cm³/mol. The molecule has 0 amide bonds. The van der Waals surface area contributed by atoms with E-state index >= 15 is 0 Å². The number of primary sulfonamides is 1. The molecule has 1 heterocycles. The van der Waals surface area contributed by atoms with Crippen LogP contribution in [-0.2, 0) is 10.0 Å². The summed E-state index contributed by atoms with van der Waals surface area (Å²) in [5, 5.41) is 17.1. The molecule has 20 heavy (non-hydrogen) atoms. The van der Waals surface area contributed by atoms with Gasteiger partial charge in [0.25, 0.3) is 5.56 Å². The molecule has 0 unspecified atom stereocenters. The molecule has 0 bridgehead atoms. The lowest BCUT2D eigenvalue weighted by Gasteiger charge is -2.06. The number of aromatic amines is 1. The number of nitrogens with two attached hydrogens (primary N) is 1. The van der Waals surface area contributed by atoms with E-state index in [1.54, 1.807) is 6.07 Å². The van der Waals surface area contributed by atoms with Gasteiger partial charge in [-0.3, -0.25) is 9.17 Å². The van der Waals surface area contributed by atoms with Crippen molar-refractivity contribution in [2.75, 3.05) is 5.32 Å². The second-order valence-corrected chi connectivity index (χ2v) is 6.51. The second kappa shape index (κ2) is 5.26. The van der Waals surface area contributed by atoms with Crippen molar-refractivity contribution in [2.24, 2.45) is 5.14 Å². The molecule has 0 saturated heterocycles. The topological polar surface area (TPSA) is 129 Å². The van der Waals surface area contributed by atoms with Gasteiger partial charge < -0.3 is 5.32 Å². The molecule has 2 rings (SSSR count). The number of nitrogens with zero attached hydrogens (tertiary/aromatic N) is 1. The fourth-order valence-corrected chi connectivity index (χ4v) is 3.01. The molecule has 0 aliphatic carbocycles. The number of nitrogens with one attached hydrogen (secondary N) is 2. The summed E-state index contributed by atoms with van der Waals surface area (Å²) >= 11 is 6.73. The van der Waals surface area contributed by atoms with Gasteiger partial charge in [-0.15, -0.1) is 0 Å². The van der Waals surface area contributed by atoms with Gasteiger partial charge in [-0.1, -0.05) is 11.6 Å². The molecule has 4 N–H and O–H groups in total. The zero-order chi connectivity index (χ0) is 14.9. The summed E-state index contributed by atoms with van der Waals surface area (Å²) in [4.78, 5) is 11.1. The molecular weight excluding hydrogens is 324 g/mol. The van der Waals surface area contributed by atoms with Crippen LogP contribution in [-0.4, -0.2) is 12.8 Å². The van der Waals surface area contributed by atoms with Crippen molar-refractivity contribution < 1.29 is 8.42 Å². The highest BCUT2D eigenvalue weighted by Gasteiger charge is 2.13. The number of rotatable bonds is 3. The Bertz CT molecular complexity index is 863. The fourth-order valence-electron chi connectivity index (χ4n) is 1.42. The number of halogens is 1. The van der Waals surface area contributed by atoms with Crippen molar-refractivity contribution in [3.05, 3.63) is 39.1 Å². The fraction of sp³-hybridized carbons (Fsp3) is 0. The SMILES string of the molecule is N#Cc1c(Nc2cc(Cl)cc(S(N)(=O)=O)c2)s[nH]c1=O. The highest BCUT2D eigenvalue weighted by Crippen LogP contribution is 2.26. The molecule has 7 nitrogen and oxygen atoms in total. The van der Waals surface area contributed by atoms with Gasteiger partial charge in [-0.25, -0.2) is 13.6 Å². The minimum absolute atomic E-state index is 0.0906. The zero-order valence-corrected chi connectivity index (χ0v) is 12.1. The molecule has 0 aliphatic heterocycles. The van der Waals surface area contributed by atoms with Gasteiger partial charge in [0.15, 0.2) is 5.56 Å². The average molecular weight is 331 g/mol. The zero-order valence-electron chi connectivity index (χ0n) is 9.68. The smallest absolute Gasteiger partial charge is 0.278 e. The standard InChI is InChI=1S/C10H7ClN4O3S2/c11-5-1-6(3-7(2-5)20(13,17)18)14-10-8(4-12)9(16)15-19-10/h1-3,14H,(H,15,16)(H2,13,17,18). The van der Waals surface area contributed by atoms with Gasteiger partial charge in [-0.2, -0.15) is 5.26 Å². The third-order valence-corrected chi connectivity index (χ3v) is 4.18. The van der Waals surface area contributed by atoms with E-state index in [0.29, 0.717) is 5.69 Å². The molecule has 0 atom stereocenters. The Morgan fingerprint density at radius 2 is 2.10 bits per heavy atom. The van der Waals surface area contributed by atoms with E-state index in [0.717, 1.165) is 11.5 Å². The van der Waals surface area contributed by atoms with Crippen LogP contribution < -0.4 is 16.0 Å². The number of anilines is 2. The Morgan fingerprint density at radius 1 is 1.40 bits per heavy atom. The van der Waals surface area contributed by atoms with E-state index in [2.05, 4.69) is 9.69 Å². The van der Waals surface area contributed by atoms with Gasteiger partial charge >= 0.3 is 0 Å². The first-order chi connectivity index (χ1) is 9.31. The maximum Gasteiger partial charge on any atom is 0.278 e. The number of nitriles is 1. The number of aromatic nitrogens is 1. The Morgan fingerprint density at radius 3 is 2.70 bits per heavy atom. The number of benzene rings is 1. The number of hydrogen-bond donors (Lipinski definition) is 3. The summed E-state index contributed by atoms with van der Waals surface area (Å²) in [7, 11) is -3.91. The third kappa shape index (κ3) is 3.00. The third-order valence-electron chi connectivity index (χ3n) is 2.27. The summed E-state index contributed by atoms with van der Waals surface area (Å²) in [6.07, 6.45) is 0. The monoisotopic (exact) mass is 330 g/mol. The first-order valence-corrected chi connectivity index (χ1v) is 7.77. The highest BCUT2D eigenvalue weighted by atomic mass is 35.5. The largest absolute Gasteiger partial charge is 0.345 e. The van der Waals surface area contributed by atoms with E-state index in [1.165, 1.54) is 18.2 Å². The van der Waals surface area contributed by atoms with E-state index in [-0.39, 0.29) is 20.5 Å². The van der Waals surface area contributed by atoms with Crippen LogP contribution in [0.5, 0.6) is 0 Å². The molecule has 104 valence electrons. The summed E-state index contributed by atoms with van der Waals surface area (Å²) in [5.74, 6) is 0. The van der Waals surface area contributed by atoms with Crippen molar-refractivity contribution in [1.29, 1.82) is 5.26 Å². The quantitative estimate of drug-likeness (QED) is 0.782. The van der Waals surface area contributed by atoms with Gasteiger partial charge in [0.2, 0.25) is 10.0 Å². The minimum atomic E-state index is -3.91. The van der Waals surface area contributed by atoms with Crippen molar-refractivity contribution in [3.63, 3.8) is 0 Å². The van der Waals surface area contributed by atoms with Gasteiger partial charge in [-0.05, 0) is 29.7 Å². The maximum atomic E-state index is 11.3. The van der Waals surface area contributed by atoms with Crippen LogP contribution in [0.1, 0.15) is 5.56 Å². The first-order valence-electron chi connectivity index (χ1n) is 5.03. The Hall–Kier alpha value is -1.86. The number of H-pyrrole nitrogens is 1. The number of hydrogen-bond acceptors (Lipinski definition) is 6. The summed E-state index contributed by atoms with van der Waals surface area (Å²) < 4.78 is 25.0. The van der Waals surface area contributed by atoms with E-state index in [4.69, 9.17) is 22.0 Å².